The summed E-state index contributed by atoms with van der Waals surface area (Å²) >= 11 is 0. The van der Waals surface area contributed by atoms with E-state index < -0.39 is 23.6 Å². The summed E-state index contributed by atoms with van der Waals surface area (Å²) < 4.78 is 53.1. The number of amides is 2. The Morgan fingerprint density at radius 1 is 1.12 bits per heavy atom. The molecule has 0 atom stereocenters. The molecule has 180 valence electrons. The van der Waals surface area contributed by atoms with Crippen LogP contribution in [0.5, 0.6) is 0 Å². The molecule has 2 heterocycles. The second-order valence-electron chi connectivity index (χ2n) is 8.36. The monoisotopic (exact) mass is 475 g/mol. The van der Waals surface area contributed by atoms with Crippen molar-refractivity contribution in [1.82, 2.24) is 20.0 Å². The fraction of sp³-hybridized carbons (Fsp3) is 0.333. The molecule has 2 aromatic carbocycles. The summed E-state index contributed by atoms with van der Waals surface area (Å²) in [5.74, 6) is -1.06. The molecule has 34 heavy (non-hydrogen) atoms. The van der Waals surface area contributed by atoms with Crippen LogP contribution in [0, 0.1) is 5.82 Å². The standard InChI is InChI=1S/C24H25F4N5O/c25-19-12-18(24(26,27)28)13-21(14-19)30-23(34)33(15-17-4-2-1-3-5-17)22-7-10-32(11-8-22)16-20-6-9-29-31-20/h1-6,9,12-14,22H,7-8,10-11,15-16H2,(H,29,31)(H,30,34). The Bertz CT molecular complexity index is 1080. The summed E-state index contributed by atoms with van der Waals surface area (Å²) in [6.45, 7) is 2.52. The Hall–Kier alpha value is -3.40. The van der Waals surface area contributed by atoms with E-state index in [-0.39, 0.29) is 11.7 Å². The first-order valence-corrected chi connectivity index (χ1v) is 11.0. The normalized spacial score (nSPS) is 15.3. The van der Waals surface area contributed by atoms with Crippen LogP contribution in [0.15, 0.2) is 60.8 Å². The number of rotatable bonds is 6. The van der Waals surface area contributed by atoms with E-state index in [4.69, 9.17) is 0 Å². The van der Waals surface area contributed by atoms with Gasteiger partial charge in [0.25, 0.3) is 0 Å². The lowest BCUT2D eigenvalue weighted by atomic mass is 10.0. The summed E-state index contributed by atoms with van der Waals surface area (Å²) in [5.41, 5.74) is 0.522. The lowest BCUT2D eigenvalue weighted by molar-refractivity contribution is -0.137. The minimum Gasteiger partial charge on any atom is -0.317 e. The van der Waals surface area contributed by atoms with Gasteiger partial charge < -0.3 is 10.2 Å². The number of nitrogens with zero attached hydrogens (tertiary/aromatic N) is 3. The van der Waals surface area contributed by atoms with Gasteiger partial charge in [-0.3, -0.25) is 10.00 Å². The first-order valence-electron chi connectivity index (χ1n) is 11.0. The molecule has 0 unspecified atom stereocenters. The third-order valence-corrected chi connectivity index (χ3v) is 5.88. The number of carbonyl (C=O) groups is 1. The summed E-state index contributed by atoms with van der Waals surface area (Å²) in [5, 5.41) is 9.38. The number of hydrogen-bond donors (Lipinski definition) is 2. The van der Waals surface area contributed by atoms with Crippen LogP contribution >= 0.6 is 0 Å². The second-order valence-corrected chi connectivity index (χ2v) is 8.36. The Kier molecular flexibility index (Phi) is 7.16. The van der Waals surface area contributed by atoms with Crippen molar-refractivity contribution in [2.24, 2.45) is 0 Å². The maximum atomic E-state index is 13.8. The van der Waals surface area contributed by atoms with E-state index in [0.717, 1.165) is 43.0 Å². The van der Waals surface area contributed by atoms with Crippen molar-refractivity contribution in [3.63, 3.8) is 0 Å². The molecule has 6 nitrogen and oxygen atoms in total. The van der Waals surface area contributed by atoms with Crippen LogP contribution in [0.25, 0.3) is 0 Å². The lowest BCUT2D eigenvalue weighted by Gasteiger charge is -2.38. The predicted molar refractivity (Wildman–Crippen MR) is 119 cm³/mol. The Labute approximate surface area is 194 Å². The lowest BCUT2D eigenvalue weighted by Crippen LogP contribution is -2.48. The van der Waals surface area contributed by atoms with Crippen LogP contribution in [0.4, 0.5) is 28.0 Å². The van der Waals surface area contributed by atoms with Crippen molar-refractivity contribution in [2.45, 2.75) is 38.1 Å². The molecule has 3 aromatic rings. The highest BCUT2D eigenvalue weighted by molar-refractivity contribution is 5.89. The zero-order valence-corrected chi connectivity index (χ0v) is 18.4. The number of alkyl halides is 3. The van der Waals surface area contributed by atoms with Gasteiger partial charge in [-0.1, -0.05) is 30.3 Å². The van der Waals surface area contributed by atoms with E-state index in [1.807, 2.05) is 36.4 Å². The van der Waals surface area contributed by atoms with Crippen LogP contribution in [0.2, 0.25) is 0 Å². The molecule has 0 aliphatic carbocycles. The van der Waals surface area contributed by atoms with Gasteiger partial charge in [0.15, 0.2) is 0 Å². The summed E-state index contributed by atoms with van der Waals surface area (Å²) in [4.78, 5) is 17.1. The summed E-state index contributed by atoms with van der Waals surface area (Å²) in [6.07, 6.45) is -1.62. The maximum absolute atomic E-state index is 13.8. The van der Waals surface area contributed by atoms with Crippen molar-refractivity contribution in [2.75, 3.05) is 18.4 Å². The molecule has 1 aliphatic rings. The zero-order valence-electron chi connectivity index (χ0n) is 18.4. The highest BCUT2D eigenvalue weighted by Crippen LogP contribution is 2.32. The van der Waals surface area contributed by atoms with Gasteiger partial charge in [-0.25, -0.2) is 9.18 Å². The number of nitrogens with one attached hydrogen (secondary N) is 2. The van der Waals surface area contributed by atoms with E-state index in [2.05, 4.69) is 20.4 Å². The van der Waals surface area contributed by atoms with Gasteiger partial charge in [0.1, 0.15) is 5.82 Å². The smallest absolute Gasteiger partial charge is 0.317 e. The molecule has 2 N–H and O–H groups in total. The number of carbonyl (C=O) groups excluding carboxylic acids is 1. The topological polar surface area (TPSA) is 64.3 Å². The zero-order chi connectivity index (χ0) is 24.1. The molecular weight excluding hydrogens is 450 g/mol. The second kappa shape index (κ2) is 10.3. The molecule has 4 rings (SSSR count). The van der Waals surface area contributed by atoms with Crippen LogP contribution in [0.1, 0.15) is 29.7 Å². The van der Waals surface area contributed by atoms with Crippen LogP contribution < -0.4 is 5.32 Å². The fourth-order valence-electron chi connectivity index (χ4n) is 4.17. The minimum absolute atomic E-state index is 0.117. The number of H-pyrrole nitrogens is 1. The van der Waals surface area contributed by atoms with E-state index in [1.165, 1.54) is 0 Å². The van der Waals surface area contributed by atoms with E-state index in [0.29, 0.717) is 25.5 Å². The number of aromatic amines is 1. The molecule has 0 spiro atoms. The number of urea groups is 1. The molecular formula is C24H25F4N5O. The van der Waals surface area contributed by atoms with Crippen molar-refractivity contribution in [3.8, 4) is 0 Å². The van der Waals surface area contributed by atoms with Crippen LogP contribution in [0.3, 0.4) is 0 Å². The van der Waals surface area contributed by atoms with Gasteiger partial charge in [0, 0.05) is 49.8 Å². The van der Waals surface area contributed by atoms with Crippen molar-refractivity contribution in [3.05, 3.63) is 83.4 Å². The third-order valence-electron chi connectivity index (χ3n) is 5.88. The maximum Gasteiger partial charge on any atom is 0.416 e. The van der Waals surface area contributed by atoms with Crippen LogP contribution in [-0.2, 0) is 19.3 Å². The van der Waals surface area contributed by atoms with E-state index in [9.17, 15) is 22.4 Å². The molecule has 1 aromatic heterocycles. The van der Waals surface area contributed by atoms with Gasteiger partial charge in [0.05, 0.1) is 5.56 Å². The number of hydrogen-bond acceptors (Lipinski definition) is 3. The van der Waals surface area contributed by atoms with Gasteiger partial charge >= 0.3 is 12.2 Å². The average molecular weight is 475 g/mol. The van der Waals surface area contributed by atoms with E-state index >= 15 is 0 Å². The number of piperidine rings is 1. The number of aromatic nitrogens is 2. The highest BCUT2D eigenvalue weighted by atomic mass is 19.4. The number of anilines is 1. The molecule has 0 bridgehead atoms. The Morgan fingerprint density at radius 3 is 2.50 bits per heavy atom. The molecule has 1 aliphatic heterocycles. The van der Waals surface area contributed by atoms with Gasteiger partial charge in [-0.2, -0.15) is 18.3 Å². The molecule has 0 saturated carbocycles. The molecule has 0 radical (unpaired) electrons. The Balaban J connectivity index is 1.49. The summed E-state index contributed by atoms with van der Waals surface area (Å²) in [7, 11) is 0. The third kappa shape index (κ3) is 6.13. The quantitative estimate of drug-likeness (QED) is 0.478. The average Bonchev–Trinajstić information content (AvgIpc) is 3.31. The van der Waals surface area contributed by atoms with Gasteiger partial charge in [-0.05, 0) is 42.7 Å². The Morgan fingerprint density at radius 2 is 1.85 bits per heavy atom. The van der Waals surface area contributed by atoms with Crippen LogP contribution in [-0.4, -0.2) is 45.2 Å². The molecule has 2 amide bonds. The SMILES string of the molecule is O=C(Nc1cc(F)cc(C(F)(F)F)c1)N(Cc1ccccc1)C1CCN(Cc2ccn[nH]2)CC1. The van der Waals surface area contributed by atoms with Crippen molar-refractivity contribution < 1.29 is 22.4 Å². The fourth-order valence-corrected chi connectivity index (χ4v) is 4.17. The van der Waals surface area contributed by atoms with E-state index in [1.54, 1.807) is 11.1 Å². The molecule has 1 saturated heterocycles. The van der Waals surface area contributed by atoms with Gasteiger partial charge in [0.2, 0.25) is 0 Å². The van der Waals surface area contributed by atoms with Crippen molar-refractivity contribution in [1.29, 1.82) is 0 Å². The van der Waals surface area contributed by atoms with Crippen molar-refractivity contribution >= 4 is 11.7 Å². The molecule has 10 heteroatoms. The van der Waals surface area contributed by atoms with Gasteiger partial charge in [-0.15, -0.1) is 0 Å². The largest absolute Gasteiger partial charge is 0.416 e. The molecule has 1 fully saturated rings. The first kappa shape index (κ1) is 23.7. The number of halogens is 4. The highest BCUT2D eigenvalue weighted by Gasteiger charge is 2.32. The first-order chi connectivity index (χ1) is 16.3. The summed E-state index contributed by atoms with van der Waals surface area (Å²) in [6, 6.07) is 12.6. The number of benzene rings is 2. The minimum atomic E-state index is -4.72. The predicted octanol–water partition coefficient (Wildman–Crippen LogP) is 5.27. The number of likely N-dealkylation sites (tertiary alicyclic amines) is 1.